The van der Waals surface area contributed by atoms with Gasteiger partial charge in [0, 0.05) is 33.2 Å². The van der Waals surface area contributed by atoms with Crippen molar-refractivity contribution in [1.82, 2.24) is 0 Å². The number of ether oxygens (including phenoxy) is 2. The molecule has 0 spiro atoms. The van der Waals surface area contributed by atoms with Crippen molar-refractivity contribution in [2.45, 2.75) is 20.0 Å². The van der Waals surface area contributed by atoms with Crippen LogP contribution in [0.4, 0.5) is 0 Å². The van der Waals surface area contributed by atoms with Gasteiger partial charge in [-0.25, -0.2) is 4.79 Å². The standard InChI is InChI=1S/C26H22ClNO4/c1-16-25-19(14-28(15-31-25)13-18-5-3-4-6-23(18)27)11-22-21(12-24(29)32-26(16)22)17-7-9-20(30-2)10-8-17/h3-12H,13-15H2,1-2H3/p+1. The zero-order valence-electron chi connectivity index (χ0n) is 17.9. The molecule has 3 aromatic carbocycles. The number of rotatable bonds is 4. The van der Waals surface area contributed by atoms with Gasteiger partial charge in [0.15, 0.2) is 0 Å². The maximum atomic E-state index is 12.4. The van der Waals surface area contributed by atoms with Crippen LogP contribution in [0.15, 0.2) is 69.9 Å². The number of quaternary nitrogens is 1. The summed E-state index contributed by atoms with van der Waals surface area (Å²) in [5.41, 5.74) is 4.99. The van der Waals surface area contributed by atoms with Gasteiger partial charge >= 0.3 is 5.63 Å². The minimum atomic E-state index is -0.381. The second-order valence-electron chi connectivity index (χ2n) is 8.06. The Bertz CT molecular complexity index is 1360. The molecule has 1 atom stereocenters. The first kappa shape index (κ1) is 20.6. The Labute approximate surface area is 190 Å². The zero-order valence-corrected chi connectivity index (χ0v) is 18.7. The molecule has 1 aromatic heterocycles. The maximum absolute atomic E-state index is 12.4. The van der Waals surface area contributed by atoms with Crippen LogP contribution in [0.25, 0.3) is 22.1 Å². The monoisotopic (exact) mass is 448 g/mol. The van der Waals surface area contributed by atoms with Crippen molar-refractivity contribution in [2.24, 2.45) is 0 Å². The van der Waals surface area contributed by atoms with Crippen LogP contribution in [0.2, 0.25) is 5.02 Å². The largest absolute Gasteiger partial charge is 0.497 e. The summed E-state index contributed by atoms with van der Waals surface area (Å²) in [6.45, 7) is 4.03. The van der Waals surface area contributed by atoms with Gasteiger partial charge in [0.2, 0.25) is 6.73 Å². The second-order valence-corrected chi connectivity index (χ2v) is 8.46. The topological polar surface area (TPSA) is 53.1 Å². The molecule has 1 N–H and O–H groups in total. The molecule has 0 bridgehead atoms. The zero-order chi connectivity index (χ0) is 22.2. The van der Waals surface area contributed by atoms with Crippen LogP contribution in [0, 0.1) is 6.92 Å². The molecule has 1 aliphatic heterocycles. The van der Waals surface area contributed by atoms with Gasteiger partial charge in [0.1, 0.15) is 30.2 Å². The van der Waals surface area contributed by atoms with Crippen molar-refractivity contribution >= 4 is 22.6 Å². The van der Waals surface area contributed by atoms with Gasteiger partial charge in [0.25, 0.3) is 0 Å². The summed E-state index contributed by atoms with van der Waals surface area (Å²) in [6.07, 6.45) is 0. The van der Waals surface area contributed by atoms with Gasteiger partial charge in [-0.1, -0.05) is 41.9 Å². The number of fused-ring (bicyclic) bond motifs is 2. The third-order valence-corrected chi connectivity index (χ3v) is 6.32. The Morgan fingerprint density at radius 2 is 1.88 bits per heavy atom. The van der Waals surface area contributed by atoms with E-state index in [0.717, 1.165) is 62.8 Å². The molecular formula is C26H23ClNO4+. The molecule has 1 aliphatic rings. The van der Waals surface area contributed by atoms with E-state index in [0.29, 0.717) is 12.3 Å². The fourth-order valence-corrected chi connectivity index (χ4v) is 4.57. The van der Waals surface area contributed by atoms with Gasteiger partial charge in [-0.2, -0.15) is 0 Å². The Hall–Kier alpha value is -3.28. The molecule has 0 saturated heterocycles. The fourth-order valence-electron chi connectivity index (χ4n) is 4.37. The van der Waals surface area contributed by atoms with Crippen molar-refractivity contribution in [1.29, 1.82) is 0 Å². The maximum Gasteiger partial charge on any atom is 0.336 e. The lowest BCUT2D eigenvalue weighted by Crippen LogP contribution is -3.10. The Kier molecular flexibility index (Phi) is 5.37. The van der Waals surface area contributed by atoms with Gasteiger partial charge in [0.05, 0.1) is 7.11 Å². The van der Waals surface area contributed by atoms with Crippen molar-refractivity contribution < 1.29 is 18.8 Å². The highest BCUT2D eigenvalue weighted by Crippen LogP contribution is 2.37. The Morgan fingerprint density at radius 3 is 2.62 bits per heavy atom. The summed E-state index contributed by atoms with van der Waals surface area (Å²) in [6, 6.07) is 19.2. The summed E-state index contributed by atoms with van der Waals surface area (Å²) in [4.78, 5) is 13.6. The average molecular weight is 449 g/mol. The molecular weight excluding hydrogens is 426 g/mol. The van der Waals surface area contributed by atoms with Crippen LogP contribution in [-0.4, -0.2) is 13.8 Å². The van der Waals surface area contributed by atoms with E-state index in [9.17, 15) is 4.79 Å². The molecule has 5 nitrogen and oxygen atoms in total. The quantitative estimate of drug-likeness (QED) is 0.471. The third-order valence-electron chi connectivity index (χ3n) is 5.95. The molecule has 0 fully saturated rings. The van der Waals surface area contributed by atoms with E-state index in [1.54, 1.807) is 13.2 Å². The van der Waals surface area contributed by atoms with Crippen molar-refractivity contribution in [3.8, 4) is 22.6 Å². The van der Waals surface area contributed by atoms with Gasteiger partial charge in [-0.15, -0.1) is 0 Å². The van der Waals surface area contributed by atoms with Crippen molar-refractivity contribution in [3.05, 3.63) is 92.8 Å². The van der Waals surface area contributed by atoms with Crippen LogP contribution >= 0.6 is 11.6 Å². The molecule has 32 heavy (non-hydrogen) atoms. The molecule has 4 aromatic rings. The number of hydrogen-bond donors (Lipinski definition) is 1. The number of nitrogens with one attached hydrogen (secondary N) is 1. The lowest BCUT2D eigenvalue weighted by atomic mass is 9.96. The van der Waals surface area contributed by atoms with Crippen LogP contribution in [0.5, 0.6) is 11.5 Å². The molecule has 0 saturated carbocycles. The van der Waals surface area contributed by atoms with E-state index in [-0.39, 0.29) is 5.63 Å². The number of aryl methyl sites for hydroxylation is 1. The normalized spacial score (nSPS) is 15.3. The number of hydrogen-bond acceptors (Lipinski definition) is 4. The van der Waals surface area contributed by atoms with E-state index < -0.39 is 0 Å². The summed E-state index contributed by atoms with van der Waals surface area (Å²) < 4.78 is 17.0. The number of halogens is 1. The minimum absolute atomic E-state index is 0.381. The summed E-state index contributed by atoms with van der Waals surface area (Å²) in [5.74, 6) is 1.57. The lowest BCUT2D eigenvalue weighted by Gasteiger charge is -2.28. The summed E-state index contributed by atoms with van der Waals surface area (Å²) >= 11 is 6.37. The molecule has 0 amide bonds. The van der Waals surface area contributed by atoms with E-state index in [4.69, 9.17) is 25.5 Å². The van der Waals surface area contributed by atoms with Crippen LogP contribution in [0.1, 0.15) is 16.7 Å². The smallest absolute Gasteiger partial charge is 0.336 e. The highest BCUT2D eigenvalue weighted by molar-refractivity contribution is 6.31. The summed E-state index contributed by atoms with van der Waals surface area (Å²) in [7, 11) is 1.63. The molecule has 1 unspecified atom stereocenters. The van der Waals surface area contributed by atoms with Crippen molar-refractivity contribution in [2.75, 3.05) is 13.8 Å². The van der Waals surface area contributed by atoms with Gasteiger partial charge < -0.3 is 13.9 Å². The summed E-state index contributed by atoms with van der Waals surface area (Å²) in [5, 5.41) is 1.66. The van der Waals surface area contributed by atoms with E-state index >= 15 is 0 Å². The predicted molar refractivity (Wildman–Crippen MR) is 125 cm³/mol. The number of benzene rings is 3. The SMILES string of the molecule is COc1ccc(-c2cc(=O)oc3c(C)c4c(cc23)C[NH+](Cc2ccccc2Cl)CO4)cc1. The van der Waals surface area contributed by atoms with Crippen LogP contribution in [-0.2, 0) is 13.1 Å². The van der Waals surface area contributed by atoms with E-state index in [2.05, 4.69) is 6.07 Å². The molecule has 2 heterocycles. The van der Waals surface area contributed by atoms with Gasteiger partial charge in [-0.05, 0) is 42.3 Å². The first-order chi connectivity index (χ1) is 15.5. The number of methoxy groups -OCH3 is 1. The average Bonchev–Trinajstić information content (AvgIpc) is 2.81. The molecule has 0 aliphatic carbocycles. The van der Waals surface area contributed by atoms with Crippen LogP contribution < -0.4 is 20.0 Å². The molecule has 162 valence electrons. The lowest BCUT2D eigenvalue weighted by molar-refractivity contribution is -0.945. The van der Waals surface area contributed by atoms with Gasteiger partial charge in [-0.3, -0.25) is 4.90 Å². The molecule has 6 heteroatoms. The molecule has 5 rings (SSSR count). The van der Waals surface area contributed by atoms with Crippen molar-refractivity contribution in [3.63, 3.8) is 0 Å². The predicted octanol–water partition coefficient (Wildman–Crippen LogP) is 4.37. The first-order valence-corrected chi connectivity index (χ1v) is 10.9. The van der Waals surface area contributed by atoms with Crippen LogP contribution in [0.3, 0.4) is 0 Å². The van der Waals surface area contributed by atoms with E-state index in [1.165, 1.54) is 4.90 Å². The fraction of sp³-hybridized carbons (Fsp3) is 0.192. The highest BCUT2D eigenvalue weighted by Gasteiger charge is 2.26. The first-order valence-electron chi connectivity index (χ1n) is 10.5. The van der Waals surface area contributed by atoms with E-state index in [1.807, 2.05) is 55.5 Å². The minimum Gasteiger partial charge on any atom is -0.497 e. The Balaban J connectivity index is 1.58. The Morgan fingerprint density at radius 1 is 1.09 bits per heavy atom. The third kappa shape index (κ3) is 3.74. The molecule has 0 radical (unpaired) electrons. The highest BCUT2D eigenvalue weighted by atomic mass is 35.5. The second kappa shape index (κ2) is 8.34.